The molecule has 0 radical (unpaired) electrons. The molecule has 1 aromatic carbocycles. The predicted molar refractivity (Wildman–Crippen MR) is 80.6 cm³/mol. The zero-order chi connectivity index (χ0) is 14.2. The van der Waals surface area contributed by atoms with E-state index >= 15 is 0 Å². The summed E-state index contributed by atoms with van der Waals surface area (Å²) < 4.78 is 10.8. The molecule has 2 aromatic rings. The molecule has 20 heavy (non-hydrogen) atoms. The van der Waals surface area contributed by atoms with Crippen molar-refractivity contribution in [3.05, 3.63) is 48.2 Å². The summed E-state index contributed by atoms with van der Waals surface area (Å²) in [7, 11) is 1.65. The van der Waals surface area contributed by atoms with Gasteiger partial charge in [0.05, 0.1) is 13.7 Å². The van der Waals surface area contributed by atoms with Crippen molar-refractivity contribution in [3.63, 3.8) is 0 Å². The summed E-state index contributed by atoms with van der Waals surface area (Å²) in [6, 6.07) is 13.6. The first kappa shape index (κ1) is 14.2. The minimum absolute atomic E-state index is 0.659. The molecule has 1 aromatic heterocycles. The molecule has 2 rings (SSSR count). The van der Waals surface area contributed by atoms with Crippen molar-refractivity contribution >= 4 is 5.82 Å². The van der Waals surface area contributed by atoms with Crippen LogP contribution in [-0.4, -0.2) is 25.2 Å². The van der Waals surface area contributed by atoms with Crippen molar-refractivity contribution in [2.24, 2.45) is 0 Å². The lowest BCUT2D eigenvalue weighted by Crippen LogP contribution is -2.08. The molecular formula is C16H20N2O2. The molecule has 0 saturated heterocycles. The summed E-state index contributed by atoms with van der Waals surface area (Å²) in [6.07, 6.45) is 0.910. The third-order valence-electron chi connectivity index (χ3n) is 2.83. The SMILES string of the molecule is COc1cccc(OCCCNc2cccc(C)n2)c1. The summed E-state index contributed by atoms with van der Waals surface area (Å²) in [5.74, 6) is 2.55. The Balaban J connectivity index is 1.68. The second-order valence-corrected chi connectivity index (χ2v) is 4.47. The topological polar surface area (TPSA) is 43.4 Å². The molecule has 4 nitrogen and oxygen atoms in total. The molecule has 0 amide bonds. The molecule has 0 spiro atoms. The monoisotopic (exact) mass is 272 g/mol. The third-order valence-corrected chi connectivity index (χ3v) is 2.83. The van der Waals surface area contributed by atoms with Gasteiger partial charge in [-0.15, -0.1) is 0 Å². The Morgan fingerprint density at radius 1 is 1.10 bits per heavy atom. The van der Waals surface area contributed by atoms with Crippen molar-refractivity contribution in [1.82, 2.24) is 4.98 Å². The van der Waals surface area contributed by atoms with Gasteiger partial charge in [-0.05, 0) is 37.6 Å². The van der Waals surface area contributed by atoms with E-state index in [4.69, 9.17) is 9.47 Å². The number of anilines is 1. The average molecular weight is 272 g/mol. The van der Waals surface area contributed by atoms with Crippen LogP contribution in [-0.2, 0) is 0 Å². The van der Waals surface area contributed by atoms with Crippen LogP contribution in [0.2, 0.25) is 0 Å². The van der Waals surface area contributed by atoms with E-state index in [0.29, 0.717) is 6.61 Å². The Morgan fingerprint density at radius 3 is 2.70 bits per heavy atom. The third kappa shape index (κ3) is 4.46. The Kier molecular flexibility index (Phi) is 5.24. The molecule has 0 aliphatic carbocycles. The van der Waals surface area contributed by atoms with Crippen molar-refractivity contribution < 1.29 is 9.47 Å². The van der Waals surface area contributed by atoms with E-state index in [2.05, 4.69) is 10.3 Å². The van der Waals surface area contributed by atoms with Crippen molar-refractivity contribution in [2.45, 2.75) is 13.3 Å². The van der Waals surface area contributed by atoms with Crippen LogP contribution in [0.5, 0.6) is 11.5 Å². The molecule has 1 N–H and O–H groups in total. The Morgan fingerprint density at radius 2 is 1.90 bits per heavy atom. The second kappa shape index (κ2) is 7.38. The maximum absolute atomic E-state index is 5.67. The van der Waals surface area contributed by atoms with Gasteiger partial charge < -0.3 is 14.8 Å². The average Bonchev–Trinajstić information content (AvgIpc) is 2.47. The van der Waals surface area contributed by atoms with Crippen LogP contribution in [0.3, 0.4) is 0 Å². The molecule has 0 aliphatic rings. The fraction of sp³-hybridized carbons (Fsp3) is 0.312. The van der Waals surface area contributed by atoms with E-state index in [1.807, 2.05) is 49.4 Å². The zero-order valence-electron chi connectivity index (χ0n) is 11.9. The molecule has 0 saturated carbocycles. The lowest BCUT2D eigenvalue weighted by atomic mass is 10.3. The highest BCUT2D eigenvalue weighted by Crippen LogP contribution is 2.18. The fourth-order valence-corrected chi connectivity index (χ4v) is 1.81. The molecule has 0 bridgehead atoms. The van der Waals surface area contributed by atoms with Gasteiger partial charge >= 0.3 is 0 Å². The number of aryl methyl sites for hydroxylation is 1. The summed E-state index contributed by atoms with van der Waals surface area (Å²) in [5, 5.41) is 3.28. The van der Waals surface area contributed by atoms with Crippen LogP contribution < -0.4 is 14.8 Å². The number of aromatic nitrogens is 1. The number of methoxy groups -OCH3 is 1. The van der Waals surface area contributed by atoms with Gasteiger partial charge in [0.1, 0.15) is 17.3 Å². The number of hydrogen-bond donors (Lipinski definition) is 1. The van der Waals surface area contributed by atoms with Crippen LogP contribution in [0.4, 0.5) is 5.82 Å². The van der Waals surface area contributed by atoms with E-state index < -0.39 is 0 Å². The molecule has 0 unspecified atom stereocenters. The largest absolute Gasteiger partial charge is 0.497 e. The molecule has 0 fully saturated rings. The number of nitrogens with zero attached hydrogens (tertiary/aromatic N) is 1. The van der Waals surface area contributed by atoms with Crippen LogP contribution >= 0.6 is 0 Å². The van der Waals surface area contributed by atoms with Gasteiger partial charge in [-0.2, -0.15) is 0 Å². The normalized spacial score (nSPS) is 10.1. The summed E-state index contributed by atoms with van der Waals surface area (Å²) in [6.45, 7) is 3.48. The highest BCUT2D eigenvalue weighted by Gasteiger charge is 1.97. The quantitative estimate of drug-likeness (QED) is 0.786. The van der Waals surface area contributed by atoms with E-state index in [1.165, 1.54) is 0 Å². The smallest absolute Gasteiger partial charge is 0.126 e. The van der Waals surface area contributed by atoms with Gasteiger partial charge in [0.25, 0.3) is 0 Å². The molecule has 4 heteroatoms. The van der Waals surface area contributed by atoms with Gasteiger partial charge in [0.15, 0.2) is 0 Å². The first-order valence-electron chi connectivity index (χ1n) is 6.72. The highest BCUT2D eigenvalue weighted by atomic mass is 16.5. The van der Waals surface area contributed by atoms with Gasteiger partial charge in [-0.25, -0.2) is 4.98 Å². The minimum Gasteiger partial charge on any atom is -0.497 e. The van der Waals surface area contributed by atoms with Gasteiger partial charge in [-0.3, -0.25) is 0 Å². The van der Waals surface area contributed by atoms with Crippen molar-refractivity contribution in [3.8, 4) is 11.5 Å². The second-order valence-electron chi connectivity index (χ2n) is 4.47. The lowest BCUT2D eigenvalue weighted by molar-refractivity contribution is 0.312. The lowest BCUT2D eigenvalue weighted by Gasteiger charge is -2.09. The number of ether oxygens (including phenoxy) is 2. The minimum atomic E-state index is 0.659. The van der Waals surface area contributed by atoms with E-state index in [0.717, 1.165) is 36.0 Å². The zero-order valence-corrected chi connectivity index (χ0v) is 11.9. The standard InChI is InChI=1S/C16H20N2O2/c1-13-6-3-9-16(18-13)17-10-5-11-20-15-8-4-7-14(12-15)19-2/h3-4,6-9,12H,5,10-11H2,1-2H3,(H,17,18). The number of benzene rings is 1. The van der Waals surface area contributed by atoms with Crippen LogP contribution in [0, 0.1) is 6.92 Å². The Labute approximate surface area is 119 Å². The number of hydrogen-bond acceptors (Lipinski definition) is 4. The van der Waals surface area contributed by atoms with E-state index in [1.54, 1.807) is 7.11 Å². The number of nitrogens with one attached hydrogen (secondary N) is 1. The van der Waals surface area contributed by atoms with Gasteiger partial charge in [-0.1, -0.05) is 12.1 Å². The number of rotatable bonds is 7. The van der Waals surface area contributed by atoms with Crippen LogP contribution in [0.15, 0.2) is 42.5 Å². The Hall–Kier alpha value is -2.23. The number of pyridine rings is 1. The Bertz CT molecular complexity index is 544. The van der Waals surface area contributed by atoms with Crippen LogP contribution in [0.25, 0.3) is 0 Å². The first-order valence-corrected chi connectivity index (χ1v) is 6.72. The van der Waals surface area contributed by atoms with E-state index in [9.17, 15) is 0 Å². The maximum Gasteiger partial charge on any atom is 0.126 e. The summed E-state index contributed by atoms with van der Waals surface area (Å²) in [5.41, 5.74) is 1.02. The summed E-state index contributed by atoms with van der Waals surface area (Å²) >= 11 is 0. The van der Waals surface area contributed by atoms with Crippen LogP contribution in [0.1, 0.15) is 12.1 Å². The molecule has 0 atom stereocenters. The first-order chi connectivity index (χ1) is 9.78. The predicted octanol–water partition coefficient (Wildman–Crippen LogP) is 3.28. The van der Waals surface area contributed by atoms with Crippen molar-refractivity contribution in [2.75, 3.05) is 25.6 Å². The van der Waals surface area contributed by atoms with Gasteiger partial charge in [0, 0.05) is 18.3 Å². The highest BCUT2D eigenvalue weighted by molar-refractivity contribution is 5.35. The van der Waals surface area contributed by atoms with Gasteiger partial charge in [0.2, 0.25) is 0 Å². The van der Waals surface area contributed by atoms with Crippen molar-refractivity contribution in [1.29, 1.82) is 0 Å². The molecule has 0 aliphatic heterocycles. The molecule has 106 valence electrons. The molecular weight excluding hydrogens is 252 g/mol. The fourth-order valence-electron chi connectivity index (χ4n) is 1.81. The van der Waals surface area contributed by atoms with E-state index in [-0.39, 0.29) is 0 Å². The maximum atomic E-state index is 5.67. The molecule has 1 heterocycles. The summed E-state index contributed by atoms with van der Waals surface area (Å²) in [4.78, 5) is 4.38.